The Bertz CT molecular complexity index is 484. The molecule has 0 saturated carbocycles. The van der Waals surface area contributed by atoms with Crippen molar-refractivity contribution in [2.75, 3.05) is 0 Å². The Morgan fingerprint density at radius 2 is 1.95 bits per heavy atom. The van der Waals surface area contributed by atoms with Crippen LogP contribution < -0.4 is 0 Å². The highest BCUT2D eigenvalue weighted by Crippen LogP contribution is 2.21. The van der Waals surface area contributed by atoms with Gasteiger partial charge in [0.1, 0.15) is 5.60 Å². The van der Waals surface area contributed by atoms with Gasteiger partial charge < -0.3 is 4.74 Å². The lowest BCUT2D eigenvalue weighted by molar-refractivity contribution is -0.154. The summed E-state index contributed by atoms with van der Waals surface area (Å²) < 4.78 is 5.60. The lowest BCUT2D eigenvalue weighted by Crippen LogP contribution is -2.29. The van der Waals surface area contributed by atoms with Gasteiger partial charge in [0.25, 0.3) is 0 Å². The smallest absolute Gasteiger partial charge is 0.306 e. The number of carbonyl (C=O) groups excluding carboxylic acids is 1. The molecule has 0 aliphatic rings. The summed E-state index contributed by atoms with van der Waals surface area (Å²) in [5.74, 6) is -0.168. The molecule has 0 spiro atoms. The van der Waals surface area contributed by atoms with E-state index in [4.69, 9.17) is 4.74 Å². The van der Waals surface area contributed by atoms with Crippen LogP contribution in [0.1, 0.15) is 45.6 Å². The van der Waals surface area contributed by atoms with Crippen molar-refractivity contribution in [3.05, 3.63) is 60.2 Å². The summed E-state index contributed by atoms with van der Waals surface area (Å²) in [4.78, 5) is 12.0. The monoisotopic (exact) mass is 286 g/mol. The summed E-state index contributed by atoms with van der Waals surface area (Å²) >= 11 is 0. The van der Waals surface area contributed by atoms with E-state index in [1.54, 1.807) is 6.08 Å². The highest BCUT2D eigenvalue weighted by atomic mass is 16.6. The molecule has 0 fully saturated rings. The molecule has 0 saturated heterocycles. The molecule has 0 radical (unpaired) electrons. The largest absolute Gasteiger partial charge is 0.455 e. The predicted molar refractivity (Wildman–Crippen MR) is 88.1 cm³/mol. The second-order valence-corrected chi connectivity index (χ2v) is 5.80. The molecule has 1 atom stereocenters. The predicted octanol–water partition coefficient (Wildman–Crippen LogP) is 4.85. The van der Waals surface area contributed by atoms with Crippen molar-refractivity contribution in [1.29, 1.82) is 0 Å². The van der Waals surface area contributed by atoms with Gasteiger partial charge >= 0.3 is 5.97 Å². The van der Waals surface area contributed by atoms with Crippen LogP contribution in [0.3, 0.4) is 0 Å². The van der Waals surface area contributed by atoms with Crippen LogP contribution in [0, 0.1) is 0 Å². The van der Waals surface area contributed by atoms with Gasteiger partial charge in [0.2, 0.25) is 0 Å². The van der Waals surface area contributed by atoms with Crippen molar-refractivity contribution in [3.8, 4) is 0 Å². The zero-order chi connectivity index (χ0) is 15.7. The number of rotatable bonds is 8. The third-order valence-corrected chi connectivity index (χ3v) is 3.43. The zero-order valence-corrected chi connectivity index (χ0v) is 13.4. The fourth-order valence-corrected chi connectivity index (χ4v) is 2.04. The second kappa shape index (κ2) is 8.46. The van der Waals surface area contributed by atoms with Crippen molar-refractivity contribution in [3.63, 3.8) is 0 Å². The summed E-state index contributed by atoms with van der Waals surface area (Å²) in [6.45, 7) is 9.85. The Morgan fingerprint density at radius 3 is 2.52 bits per heavy atom. The molecular weight excluding hydrogens is 260 g/mol. The summed E-state index contributed by atoms with van der Waals surface area (Å²) in [5.41, 5.74) is 1.84. The molecule has 0 aliphatic carbocycles. The van der Waals surface area contributed by atoms with Crippen molar-refractivity contribution in [1.82, 2.24) is 0 Å². The molecule has 0 N–H and O–H groups in total. The van der Waals surface area contributed by atoms with Gasteiger partial charge in [-0.25, -0.2) is 0 Å². The highest BCUT2D eigenvalue weighted by Gasteiger charge is 2.24. The van der Waals surface area contributed by atoms with Crippen molar-refractivity contribution in [2.45, 2.75) is 52.1 Å². The average Bonchev–Trinajstić information content (AvgIpc) is 2.46. The van der Waals surface area contributed by atoms with Crippen LogP contribution in [0.25, 0.3) is 0 Å². The van der Waals surface area contributed by atoms with Gasteiger partial charge in [-0.05, 0) is 51.7 Å². The summed E-state index contributed by atoms with van der Waals surface area (Å²) in [6, 6.07) is 9.98. The molecular formula is C19H26O2. The number of hydrogen-bond donors (Lipinski definition) is 0. The highest BCUT2D eigenvalue weighted by molar-refractivity contribution is 5.70. The van der Waals surface area contributed by atoms with Crippen LogP contribution >= 0.6 is 0 Å². The van der Waals surface area contributed by atoms with Crippen LogP contribution in [0.2, 0.25) is 0 Å². The molecule has 0 aromatic heterocycles. The van der Waals surface area contributed by atoms with Gasteiger partial charge in [0.15, 0.2) is 0 Å². The number of hydrogen-bond acceptors (Lipinski definition) is 2. The third kappa shape index (κ3) is 6.94. The van der Waals surface area contributed by atoms with Crippen LogP contribution in [-0.2, 0) is 16.0 Å². The lowest BCUT2D eigenvalue weighted by Gasteiger charge is -2.25. The molecule has 2 nitrogen and oxygen atoms in total. The van der Waals surface area contributed by atoms with Crippen molar-refractivity contribution >= 4 is 5.97 Å². The SMILES string of the molecule is C=CC(C)(CCC=C(C)C)OC(=O)CCc1ccccc1. The molecule has 0 heterocycles. The molecule has 2 heteroatoms. The van der Waals surface area contributed by atoms with Gasteiger partial charge in [-0.1, -0.05) is 48.6 Å². The maximum Gasteiger partial charge on any atom is 0.306 e. The third-order valence-electron chi connectivity index (χ3n) is 3.43. The maximum atomic E-state index is 12.0. The number of carbonyl (C=O) groups is 1. The van der Waals surface area contributed by atoms with E-state index in [9.17, 15) is 4.79 Å². The van der Waals surface area contributed by atoms with Gasteiger partial charge in [-0.2, -0.15) is 0 Å². The Hall–Kier alpha value is -1.83. The van der Waals surface area contributed by atoms with Crippen molar-refractivity contribution < 1.29 is 9.53 Å². The average molecular weight is 286 g/mol. The van der Waals surface area contributed by atoms with Crippen LogP contribution in [0.5, 0.6) is 0 Å². The summed E-state index contributed by atoms with van der Waals surface area (Å²) in [7, 11) is 0. The number of ether oxygens (including phenoxy) is 1. The van der Waals surface area contributed by atoms with Gasteiger partial charge in [-0.3, -0.25) is 4.79 Å². The molecule has 1 aromatic carbocycles. The normalized spacial score (nSPS) is 13.1. The van der Waals surface area contributed by atoms with E-state index < -0.39 is 5.60 Å². The Labute approximate surface area is 128 Å². The van der Waals surface area contributed by atoms with Crippen LogP contribution in [0.4, 0.5) is 0 Å². The molecule has 114 valence electrons. The molecule has 1 rings (SSSR count). The number of esters is 1. The molecule has 0 bridgehead atoms. The minimum absolute atomic E-state index is 0.168. The second-order valence-electron chi connectivity index (χ2n) is 5.80. The Morgan fingerprint density at radius 1 is 1.29 bits per heavy atom. The number of allylic oxidation sites excluding steroid dienone is 2. The molecule has 1 aromatic rings. The van der Waals surface area contributed by atoms with Crippen LogP contribution in [0.15, 0.2) is 54.6 Å². The van der Waals surface area contributed by atoms with Crippen LogP contribution in [-0.4, -0.2) is 11.6 Å². The fourth-order valence-electron chi connectivity index (χ4n) is 2.04. The molecule has 0 amide bonds. The first-order chi connectivity index (χ1) is 9.95. The van der Waals surface area contributed by atoms with E-state index in [0.29, 0.717) is 12.8 Å². The zero-order valence-electron chi connectivity index (χ0n) is 13.4. The number of aryl methyl sites for hydroxylation is 1. The Balaban J connectivity index is 2.46. The molecule has 0 aliphatic heterocycles. The van der Waals surface area contributed by atoms with E-state index >= 15 is 0 Å². The fraction of sp³-hybridized carbons (Fsp3) is 0.421. The van der Waals surface area contributed by atoms with Gasteiger partial charge in [0.05, 0.1) is 0 Å². The Kier molecular flexibility index (Phi) is 6.93. The topological polar surface area (TPSA) is 26.3 Å². The van der Waals surface area contributed by atoms with E-state index in [2.05, 4.69) is 26.5 Å². The van der Waals surface area contributed by atoms with E-state index in [0.717, 1.165) is 18.4 Å². The van der Waals surface area contributed by atoms with Gasteiger partial charge in [-0.15, -0.1) is 0 Å². The minimum Gasteiger partial charge on any atom is -0.455 e. The van der Waals surface area contributed by atoms with Gasteiger partial charge in [0, 0.05) is 6.42 Å². The summed E-state index contributed by atoms with van der Waals surface area (Å²) in [6.07, 6.45) is 6.64. The standard InChI is InChI=1S/C19H26O2/c1-5-19(4,15-9-10-16(2)3)21-18(20)14-13-17-11-7-6-8-12-17/h5-8,10-12H,1,9,13-15H2,2-4H3. The minimum atomic E-state index is -0.584. The summed E-state index contributed by atoms with van der Waals surface area (Å²) in [5, 5.41) is 0. The lowest BCUT2D eigenvalue weighted by atomic mass is 9.99. The van der Waals surface area contributed by atoms with E-state index in [1.165, 1.54) is 5.57 Å². The van der Waals surface area contributed by atoms with Crippen molar-refractivity contribution in [2.24, 2.45) is 0 Å². The number of benzene rings is 1. The maximum absolute atomic E-state index is 12.0. The molecule has 1 unspecified atom stereocenters. The van der Waals surface area contributed by atoms with E-state index in [1.807, 2.05) is 37.3 Å². The quantitative estimate of drug-likeness (QED) is 0.504. The van der Waals surface area contributed by atoms with E-state index in [-0.39, 0.29) is 5.97 Å². The first-order valence-corrected chi connectivity index (χ1v) is 7.48. The first kappa shape index (κ1) is 17.2. The molecule has 21 heavy (non-hydrogen) atoms. The first-order valence-electron chi connectivity index (χ1n) is 7.48.